The van der Waals surface area contributed by atoms with Gasteiger partial charge in [0.1, 0.15) is 0 Å². The number of nitrogens with zero attached hydrogens (tertiary/aromatic N) is 1. The van der Waals surface area contributed by atoms with Gasteiger partial charge in [0.2, 0.25) is 5.91 Å². The summed E-state index contributed by atoms with van der Waals surface area (Å²) in [5, 5.41) is 9.20. The van der Waals surface area contributed by atoms with E-state index in [1.165, 1.54) is 19.3 Å². The maximum atomic E-state index is 12.7. The molecule has 2 bridgehead atoms. The Balaban J connectivity index is 1.89. The Morgan fingerprint density at radius 1 is 1.20 bits per heavy atom. The lowest BCUT2D eigenvalue weighted by Crippen LogP contribution is -2.48. The van der Waals surface area contributed by atoms with Crippen LogP contribution in [0, 0.1) is 17.8 Å². The number of aliphatic hydroxyl groups is 1. The Kier molecular flexibility index (Phi) is 5.85. The van der Waals surface area contributed by atoms with Crippen LogP contribution in [0.1, 0.15) is 51.9 Å². The Hall–Kier alpha value is -0.610. The molecule has 116 valence electrons. The van der Waals surface area contributed by atoms with E-state index in [1.54, 1.807) is 0 Å². The van der Waals surface area contributed by atoms with E-state index >= 15 is 0 Å². The lowest BCUT2D eigenvalue weighted by atomic mass is 9.84. The highest BCUT2D eigenvalue weighted by Crippen LogP contribution is 2.48. The van der Waals surface area contributed by atoms with Gasteiger partial charge < -0.3 is 15.7 Å². The fourth-order valence-electron chi connectivity index (χ4n) is 4.10. The number of unbranched alkanes of at least 4 members (excludes halogenated alkanes) is 3. The fraction of sp³-hybridized carbons (Fsp3) is 0.938. The molecule has 0 aromatic heterocycles. The first-order chi connectivity index (χ1) is 9.69. The van der Waals surface area contributed by atoms with E-state index in [-0.39, 0.29) is 24.5 Å². The molecule has 0 spiro atoms. The van der Waals surface area contributed by atoms with Gasteiger partial charge in [0, 0.05) is 19.1 Å². The summed E-state index contributed by atoms with van der Waals surface area (Å²) in [7, 11) is 0. The highest BCUT2D eigenvalue weighted by Gasteiger charge is 2.49. The second-order valence-corrected chi connectivity index (χ2v) is 6.55. The Morgan fingerprint density at radius 3 is 2.55 bits per heavy atom. The number of fused-ring (bicyclic) bond motifs is 2. The van der Waals surface area contributed by atoms with Crippen molar-refractivity contribution in [1.82, 2.24) is 4.90 Å². The smallest absolute Gasteiger partial charge is 0.227 e. The standard InChI is InChI=1S/C16H30N2O2/c1-2-3-4-5-8-18(9-10-19)16(20)14-12-6-7-13(11-12)15(14)17/h12-15,19H,2-11,17H2,1H3. The Morgan fingerprint density at radius 2 is 1.95 bits per heavy atom. The molecule has 4 atom stereocenters. The van der Waals surface area contributed by atoms with Crippen LogP contribution in [0.5, 0.6) is 0 Å². The molecular formula is C16H30N2O2. The second-order valence-electron chi connectivity index (χ2n) is 6.55. The molecule has 3 N–H and O–H groups in total. The average Bonchev–Trinajstić information content (AvgIpc) is 3.02. The van der Waals surface area contributed by atoms with Crippen LogP contribution in [0.4, 0.5) is 0 Å². The zero-order valence-electron chi connectivity index (χ0n) is 12.8. The minimum Gasteiger partial charge on any atom is -0.395 e. The third-order valence-electron chi connectivity index (χ3n) is 5.23. The van der Waals surface area contributed by atoms with Gasteiger partial charge in [0.25, 0.3) is 0 Å². The lowest BCUT2D eigenvalue weighted by molar-refractivity contribution is -0.138. The molecule has 2 aliphatic carbocycles. The van der Waals surface area contributed by atoms with Crippen LogP contribution in [0.15, 0.2) is 0 Å². The molecule has 2 fully saturated rings. The van der Waals surface area contributed by atoms with E-state index in [4.69, 9.17) is 5.73 Å². The van der Waals surface area contributed by atoms with Crippen molar-refractivity contribution in [2.24, 2.45) is 23.5 Å². The van der Waals surface area contributed by atoms with Crippen molar-refractivity contribution in [2.45, 2.75) is 57.9 Å². The third kappa shape index (κ3) is 3.34. The SMILES string of the molecule is CCCCCCN(CCO)C(=O)C1C2CCC(C2)C1N. The van der Waals surface area contributed by atoms with Gasteiger partial charge in [-0.25, -0.2) is 0 Å². The number of rotatable bonds is 8. The van der Waals surface area contributed by atoms with Crippen molar-refractivity contribution in [3.05, 3.63) is 0 Å². The highest BCUT2D eigenvalue weighted by molar-refractivity contribution is 5.80. The van der Waals surface area contributed by atoms with Gasteiger partial charge >= 0.3 is 0 Å². The van der Waals surface area contributed by atoms with Crippen molar-refractivity contribution < 1.29 is 9.90 Å². The number of hydrogen-bond donors (Lipinski definition) is 2. The minimum atomic E-state index is 0.0199. The van der Waals surface area contributed by atoms with Crippen molar-refractivity contribution in [2.75, 3.05) is 19.7 Å². The summed E-state index contributed by atoms with van der Waals surface area (Å²) in [4.78, 5) is 14.6. The maximum Gasteiger partial charge on any atom is 0.227 e. The third-order valence-corrected chi connectivity index (χ3v) is 5.23. The molecule has 2 aliphatic rings. The highest BCUT2D eigenvalue weighted by atomic mass is 16.3. The number of carbonyl (C=O) groups is 1. The molecule has 0 heterocycles. The molecule has 0 aromatic rings. The van der Waals surface area contributed by atoms with Crippen LogP contribution in [0.25, 0.3) is 0 Å². The zero-order valence-corrected chi connectivity index (χ0v) is 12.8. The number of amides is 1. The van der Waals surface area contributed by atoms with Gasteiger partial charge in [0.05, 0.1) is 12.5 Å². The van der Waals surface area contributed by atoms with Crippen molar-refractivity contribution in [3.63, 3.8) is 0 Å². The first-order valence-corrected chi connectivity index (χ1v) is 8.34. The van der Waals surface area contributed by atoms with Gasteiger partial charge in [0.15, 0.2) is 0 Å². The predicted molar refractivity (Wildman–Crippen MR) is 80.1 cm³/mol. The van der Waals surface area contributed by atoms with Crippen molar-refractivity contribution in [3.8, 4) is 0 Å². The molecule has 0 saturated heterocycles. The van der Waals surface area contributed by atoms with E-state index < -0.39 is 0 Å². The van der Waals surface area contributed by atoms with E-state index in [0.717, 1.165) is 32.2 Å². The molecule has 0 aliphatic heterocycles. The van der Waals surface area contributed by atoms with E-state index in [1.807, 2.05) is 4.90 Å². The Labute approximate surface area is 122 Å². The second kappa shape index (κ2) is 7.41. The number of carbonyl (C=O) groups excluding carboxylic acids is 1. The molecule has 2 saturated carbocycles. The minimum absolute atomic E-state index is 0.0199. The van der Waals surface area contributed by atoms with Gasteiger partial charge in [-0.05, 0) is 37.5 Å². The van der Waals surface area contributed by atoms with Crippen LogP contribution in [0.2, 0.25) is 0 Å². The van der Waals surface area contributed by atoms with Gasteiger partial charge in [-0.3, -0.25) is 4.79 Å². The molecule has 20 heavy (non-hydrogen) atoms. The van der Waals surface area contributed by atoms with Gasteiger partial charge in [-0.15, -0.1) is 0 Å². The summed E-state index contributed by atoms with van der Waals surface area (Å²) in [5.41, 5.74) is 6.27. The molecule has 4 nitrogen and oxygen atoms in total. The number of hydrogen-bond acceptors (Lipinski definition) is 3. The monoisotopic (exact) mass is 282 g/mol. The van der Waals surface area contributed by atoms with Crippen molar-refractivity contribution in [1.29, 1.82) is 0 Å². The first kappa shape index (κ1) is 15.8. The van der Waals surface area contributed by atoms with Crippen LogP contribution in [0.3, 0.4) is 0 Å². The topological polar surface area (TPSA) is 66.6 Å². The lowest BCUT2D eigenvalue weighted by Gasteiger charge is -2.32. The molecule has 1 amide bonds. The Bertz CT molecular complexity index is 320. The molecular weight excluding hydrogens is 252 g/mol. The summed E-state index contributed by atoms with van der Waals surface area (Å²) in [6.45, 7) is 3.48. The van der Waals surface area contributed by atoms with Crippen LogP contribution >= 0.6 is 0 Å². The quantitative estimate of drug-likeness (QED) is 0.667. The van der Waals surface area contributed by atoms with Crippen molar-refractivity contribution >= 4 is 5.91 Å². The maximum absolute atomic E-state index is 12.7. The number of nitrogens with two attached hydrogens (primary N) is 1. The largest absolute Gasteiger partial charge is 0.395 e. The molecule has 2 rings (SSSR count). The summed E-state index contributed by atoms with van der Waals surface area (Å²) >= 11 is 0. The number of aliphatic hydroxyl groups excluding tert-OH is 1. The van der Waals surface area contributed by atoms with Crippen LogP contribution in [-0.4, -0.2) is 41.7 Å². The van der Waals surface area contributed by atoms with Gasteiger partial charge in [-0.1, -0.05) is 26.2 Å². The zero-order chi connectivity index (χ0) is 14.5. The first-order valence-electron chi connectivity index (χ1n) is 8.34. The van der Waals surface area contributed by atoms with Gasteiger partial charge in [-0.2, -0.15) is 0 Å². The molecule has 0 radical (unpaired) electrons. The van der Waals surface area contributed by atoms with E-state index in [2.05, 4.69) is 6.92 Å². The van der Waals surface area contributed by atoms with Crippen LogP contribution in [-0.2, 0) is 4.79 Å². The average molecular weight is 282 g/mol. The molecule has 4 heteroatoms. The summed E-state index contributed by atoms with van der Waals surface area (Å²) in [6.07, 6.45) is 8.12. The molecule has 0 aromatic carbocycles. The predicted octanol–water partition coefficient (Wildman–Crippen LogP) is 1.76. The van der Waals surface area contributed by atoms with E-state index in [9.17, 15) is 9.90 Å². The summed E-state index contributed by atoms with van der Waals surface area (Å²) in [5.74, 6) is 1.28. The summed E-state index contributed by atoms with van der Waals surface area (Å²) < 4.78 is 0. The van der Waals surface area contributed by atoms with E-state index in [0.29, 0.717) is 18.4 Å². The molecule has 4 unspecified atom stereocenters. The summed E-state index contributed by atoms with van der Waals surface area (Å²) in [6, 6.07) is 0.0538. The normalized spacial score (nSPS) is 31.8. The van der Waals surface area contributed by atoms with Crippen LogP contribution < -0.4 is 5.73 Å². The fourth-order valence-corrected chi connectivity index (χ4v) is 4.10.